The average molecular weight is 362 g/mol. The fourth-order valence-corrected chi connectivity index (χ4v) is 2.20. The number of nitrogens with zero attached hydrogens (tertiary/aromatic N) is 3. The molecule has 0 saturated heterocycles. The highest BCUT2D eigenvalue weighted by Gasteiger charge is 2.30. The second-order valence-electron chi connectivity index (χ2n) is 5.25. The summed E-state index contributed by atoms with van der Waals surface area (Å²) in [5.41, 5.74) is -0.0577. The second kappa shape index (κ2) is 6.87. The second-order valence-corrected chi connectivity index (χ2v) is 5.25. The topological polar surface area (TPSA) is 68.5 Å². The van der Waals surface area contributed by atoms with Gasteiger partial charge in [0.15, 0.2) is 0 Å². The molecule has 0 aliphatic heterocycles. The maximum absolute atomic E-state index is 12.8. The zero-order valence-electron chi connectivity index (χ0n) is 13.3. The van der Waals surface area contributed by atoms with Crippen molar-refractivity contribution in [3.63, 3.8) is 0 Å². The number of rotatable bonds is 5. The molecule has 0 fully saturated rings. The molecule has 2 aromatic heterocycles. The molecule has 3 rings (SSSR count). The lowest BCUT2D eigenvalue weighted by Crippen LogP contribution is -2.21. The lowest BCUT2D eigenvalue weighted by atomic mass is 10.2. The van der Waals surface area contributed by atoms with Crippen molar-refractivity contribution in [1.82, 2.24) is 19.7 Å². The fourth-order valence-electron chi connectivity index (χ4n) is 2.20. The van der Waals surface area contributed by atoms with Gasteiger partial charge in [0.25, 0.3) is 5.88 Å². The average Bonchev–Trinajstić information content (AvgIpc) is 3.08. The van der Waals surface area contributed by atoms with Gasteiger partial charge in [-0.05, 0) is 24.3 Å². The van der Waals surface area contributed by atoms with Crippen molar-refractivity contribution >= 4 is 11.6 Å². The van der Waals surface area contributed by atoms with Crippen molar-refractivity contribution in [2.24, 2.45) is 0 Å². The van der Waals surface area contributed by atoms with Crippen molar-refractivity contribution in [1.29, 1.82) is 0 Å². The Hall–Kier alpha value is -3.36. The quantitative estimate of drug-likeness (QED) is 0.707. The number of alkyl halides is 3. The van der Waals surface area contributed by atoms with Crippen LogP contribution in [0, 0.1) is 0 Å². The van der Waals surface area contributed by atoms with E-state index in [1.807, 2.05) is 0 Å². The molecule has 0 radical (unpaired) electrons. The zero-order valence-corrected chi connectivity index (χ0v) is 13.3. The van der Waals surface area contributed by atoms with Crippen LogP contribution in [0.1, 0.15) is 11.3 Å². The number of fused-ring (bicyclic) bond motifs is 1. The number of nitrogens with one attached hydrogen (secondary N) is 1. The summed E-state index contributed by atoms with van der Waals surface area (Å²) in [5, 5.41) is 2.57. The Labute approximate surface area is 146 Å². The number of carbonyl (C=O) groups excluding carboxylic acids is 1. The maximum atomic E-state index is 12.8. The summed E-state index contributed by atoms with van der Waals surface area (Å²) in [6.07, 6.45) is 1.41. The number of imidazole rings is 1. The number of aromatic nitrogens is 3. The van der Waals surface area contributed by atoms with Crippen molar-refractivity contribution in [3.8, 4) is 11.6 Å². The van der Waals surface area contributed by atoms with Crippen LogP contribution < -0.4 is 10.1 Å². The van der Waals surface area contributed by atoms with Crippen LogP contribution in [0.2, 0.25) is 0 Å². The minimum Gasteiger partial charge on any atom is -0.436 e. The van der Waals surface area contributed by atoms with Gasteiger partial charge in [0.05, 0.1) is 17.8 Å². The van der Waals surface area contributed by atoms with E-state index in [9.17, 15) is 18.0 Å². The van der Waals surface area contributed by atoms with Crippen LogP contribution in [0.15, 0.2) is 55.5 Å². The normalized spacial score (nSPS) is 11.3. The summed E-state index contributed by atoms with van der Waals surface area (Å²) in [5.74, 6) is -0.373. The molecule has 1 N–H and O–H groups in total. The van der Waals surface area contributed by atoms with E-state index in [0.717, 1.165) is 18.2 Å². The molecule has 3 aromatic rings. The fraction of sp³-hybridized carbons (Fsp3) is 0.118. The van der Waals surface area contributed by atoms with Gasteiger partial charge in [-0.3, -0.25) is 4.79 Å². The molecule has 0 bridgehead atoms. The molecule has 0 aliphatic carbocycles. The molecule has 0 unspecified atom stereocenters. The number of halogens is 3. The van der Waals surface area contributed by atoms with Crippen LogP contribution in [0.4, 0.5) is 13.2 Å². The molecule has 9 heteroatoms. The molecule has 134 valence electrons. The predicted octanol–water partition coefficient (Wildman–Crippen LogP) is 3.34. The lowest BCUT2D eigenvalue weighted by molar-refractivity contribution is -0.137. The van der Waals surface area contributed by atoms with Gasteiger partial charge in [0.2, 0.25) is 11.6 Å². The first-order valence-electron chi connectivity index (χ1n) is 7.45. The van der Waals surface area contributed by atoms with Crippen LogP contribution in [-0.2, 0) is 17.5 Å². The number of benzene rings is 1. The molecule has 1 amide bonds. The third-order valence-electron chi connectivity index (χ3n) is 3.40. The largest absolute Gasteiger partial charge is 0.436 e. The van der Waals surface area contributed by atoms with Gasteiger partial charge < -0.3 is 14.5 Å². The summed E-state index contributed by atoms with van der Waals surface area (Å²) in [4.78, 5) is 19.6. The molecule has 2 heterocycles. The third-order valence-corrected chi connectivity index (χ3v) is 3.40. The van der Waals surface area contributed by atoms with Crippen molar-refractivity contribution in [2.45, 2.75) is 12.7 Å². The maximum Gasteiger partial charge on any atom is 0.416 e. The summed E-state index contributed by atoms with van der Waals surface area (Å²) in [7, 11) is 0. The van der Waals surface area contributed by atoms with Crippen molar-refractivity contribution in [3.05, 3.63) is 66.8 Å². The first kappa shape index (κ1) is 17.5. The molecular formula is C17H13F3N4O2. The van der Waals surface area contributed by atoms with E-state index >= 15 is 0 Å². The highest BCUT2D eigenvalue weighted by atomic mass is 19.4. The Morgan fingerprint density at radius 2 is 2.19 bits per heavy atom. The smallest absolute Gasteiger partial charge is 0.416 e. The highest BCUT2D eigenvalue weighted by molar-refractivity contribution is 5.86. The van der Waals surface area contributed by atoms with Crippen LogP contribution in [-0.4, -0.2) is 20.3 Å². The molecular weight excluding hydrogens is 349 g/mol. The van der Waals surface area contributed by atoms with E-state index in [4.69, 9.17) is 4.74 Å². The van der Waals surface area contributed by atoms with Crippen LogP contribution in [0.3, 0.4) is 0 Å². The number of amides is 1. The van der Waals surface area contributed by atoms with Crippen LogP contribution in [0.25, 0.3) is 5.65 Å². The SMILES string of the molecule is C=CC(=O)NCc1cn2ccnc2c(Oc2cccc(C(F)(F)F)c2)n1. The van der Waals surface area contributed by atoms with E-state index < -0.39 is 11.7 Å². The third kappa shape index (κ3) is 3.82. The van der Waals surface area contributed by atoms with Crippen LogP contribution >= 0.6 is 0 Å². The zero-order chi connectivity index (χ0) is 18.7. The van der Waals surface area contributed by atoms with Gasteiger partial charge in [0, 0.05) is 18.6 Å². The first-order chi connectivity index (χ1) is 12.4. The number of hydrogen-bond donors (Lipinski definition) is 1. The van der Waals surface area contributed by atoms with Crippen molar-refractivity contribution in [2.75, 3.05) is 0 Å². The molecule has 0 atom stereocenters. The Morgan fingerprint density at radius 3 is 2.92 bits per heavy atom. The van der Waals surface area contributed by atoms with Crippen molar-refractivity contribution < 1.29 is 22.7 Å². The predicted molar refractivity (Wildman–Crippen MR) is 86.5 cm³/mol. The van der Waals surface area contributed by atoms with E-state index in [-0.39, 0.29) is 24.1 Å². The number of ether oxygens (including phenoxy) is 1. The molecule has 26 heavy (non-hydrogen) atoms. The van der Waals surface area contributed by atoms with Gasteiger partial charge >= 0.3 is 6.18 Å². The van der Waals surface area contributed by atoms with Gasteiger partial charge in [-0.2, -0.15) is 13.2 Å². The Balaban J connectivity index is 1.93. The minimum absolute atomic E-state index is 0.0236. The standard InChI is InChI=1S/C17H13F3N4O2/c1-2-14(25)22-9-12-10-24-7-6-21-15(24)16(23-12)26-13-5-3-4-11(8-13)17(18,19)20/h2-8,10H,1,9H2,(H,22,25). The summed E-state index contributed by atoms with van der Waals surface area (Å²) in [6.45, 7) is 3.45. The summed E-state index contributed by atoms with van der Waals surface area (Å²) < 4.78 is 45.7. The highest BCUT2D eigenvalue weighted by Crippen LogP contribution is 2.33. The molecule has 1 aromatic carbocycles. The minimum atomic E-state index is -4.48. The van der Waals surface area contributed by atoms with Gasteiger partial charge in [-0.1, -0.05) is 12.6 Å². The van der Waals surface area contributed by atoms with E-state index in [2.05, 4.69) is 21.9 Å². The van der Waals surface area contributed by atoms with E-state index in [1.54, 1.807) is 16.8 Å². The molecule has 0 saturated carbocycles. The monoisotopic (exact) mass is 362 g/mol. The summed E-state index contributed by atoms with van der Waals surface area (Å²) in [6, 6.07) is 4.47. The molecule has 6 nitrogen and oxygen atoms in total. The van der Waals surface area contributed by atoms with Gasteiger partial charge in [-0.25, -0.2) is 9.97 Å². The first-order valence-corrected chi connectivity index (χ1v) is 7.45. The lowest BCUT2D eigenvalue weighted by Gasteiger charge is -2.11. The van der Waals surface area contributed by atoms with Gasteiger partial charge in [0.1, 0.15) is 5.75 Å². The summed E-state index contributed by atoms with van der Waals surface area (Å²) >= 11 is 0. The molecule has 0 aliphatic rings. The Kier molecular flexibility index (Phi) is 4.61. The molecule has 0 spiro atoms. The number of carbonyl (C=O) groups is 1. The van der Waals surface area contributed by atoms with Crippen LogP contribution in [0.5, 0.6) is 11.6 Å². The van der Waals surface area contributed by atoms with Gasteiger partial charge in [-0.15, -0.1) is 0 Å². The van der Waals surface area contributed by atoms with E-state index in [1.165, 1.54) is 18.3 Å². The van der Waals surface area contributed by atoms with E-state index in [0.29, 0.717) is 11.3 Å². The Bertz CT molecular complexity index is 966. The number of hydrogen-bond acceptors (Lipinski definition) is 4. The Morgan fingerprint density at radius 1 is 1.38 bits per heavy atom.